The molecule has 1 saturated heterocycles. The largest absolute Gasteiger partial charge is 0.459 e. The van der Waals surface area contributed by atoms with Crippen molar-refractivity contribution in [3.8, 4) is 0 Å². The van der Waals surface area contributed by atoms with Gasteiger partial charge in [0.05, 0.1) is 17.9 Å². The zero-order valence-electron chi connectivity index (χ0n) is 15.3. The first kappa shape index (κ1) is 17.3. The van der Waals surface area contributed by atoms with Gasteiger partial charge >= 0.3 is 6.03 Å². The molecule has 2 amide bonds. The first-order chi connectivity index (χ1) is 13.0. The van der Waals surface area contributed by atoms with Crippen molar-refractivity contribution >= 4 is 28.5 Å². The van der Waals surface area contributed by atoms with Gasteiger partial charge in [0.15, 0.2) is 0 Å². The van der Waals surface area contributed by atoms with E-state index in [-0.39, 0.29) is 17.9 Å². The number of pyridine rings is 1. The number of urea groups is 1. The molecule has 2 N–H and O–H groups in total. The molecule has 0 aliphatic carbocycles. The van der Waals surface area contributed by atoms with Crippen LogP contribution in [0.25, 0.3) is 11.0 Å². The minimum atomic E-state index is -0.367. The molecule has 0 spiro atoms. The normalized spacial score (nSPS) is 14.7. The van der Waals surface area contributed by atoms with Gasteiger partial charge in [0.25, 0.3) is 0 Å². The molecule has 3 aromatic rings. The van der Waals surface area contributed by atoms with Gasteiger partial charge in [-0.05, 0) is 50.6 Å². The van der Waals surface area contributed by atoms with Crippen molar-refractivity contribution in [2.75, 3.05) is 23.3 Å². The Balaban J connectivity index is 1.42. The Labute approximate surface area is 156 Å². The molecule has 2 aromatic heterocycles. The van der Waals surface area contributed by atoms with E-state index in [2.05, 4.69) is 20.5 Å². The van der Waals surface area contributed by atoms with Crippen molar-refractivity contribution in [2.24, 2.45) is 0 Å². The van der Waals surface area contributed by atoms with Crippen molar-refractivity contribution in [1.29, 1.82) is 0 Å². The Hall–Kier alpha value is -3.09. The minimum Gasteiger partial charge on any atom is -0.459 e. The van der Waals surface area contributed by atoms with E-state index in [1.54, 1.807) is 12.3 Å². The van der Waals surface area contributed by atoms with Gasteiger partial charge in [-0.1, -0.05) is 0 Å². The van der Waals surface area contributed by atoms with Gasteiger partial charge in [-0.3, -0.25) is 0 Å². The Morgan fingerprint density at radius 2 is 2.11 bits per heavy atom. The fourth-order valence-electron chi connectivity index (χ4n) is 3.25. The lowest BCUT2D eigenvalue weighted by atomic mass is 10.1. The predicted octanol–water partition coefficient (Wildman–Crippen LogP) is 4.37. The number of amides is 2. The quantitative estimate of drug-likeness (QED) is 0.717. The lowest BCUT2D eigenvalue weighted by Gasteiger charge is -2.31. The monoisotopic (exact) mass is 368 g/mol. The highest BCUT2D eigenvalue weighted by molar-refractivity contribution is 5.89. The van der Waals surface area contributed by atoms with Crippen LogP contribution in [0.4, 0.5) is 20.7 Å². The van der Waals surface area contributed by atoms with Crippen LogP contribution in [-0.4, -0.2) is 24.1 Å². The van der Waals surface area contributed by atoms with Gasteiger partial charge in [-0.15, -0.1) is 0 Å². The molecular formula is C20H21FN4O2. The summed E-state index contributed by atoms with van der Waals surface area (Å²) in [5.41, 5.74) is 2.04. The highest BCUT2D eigenvalue weighted by Crippen LogP contribution is 2.30. The number of aromatic nitrogens is 1. The van der Waals surface area contributed by atoms with E-state index in [9.17, 15) is 9.18 Å². The molecule has 1 aliphatic heterocycles. The van der Waals surface area contributed by atoms with Gasteiger partial charge in [-0.25, -0.2) is 14.2 Å². The topological polar surface area (TPSA) is 70.4 Å². The lowest BCUT2D eigenvalue weighted by molar-refractivity contribution is 0.248. The number of aryl methyl sites for hydroxylation is 1. The van der Waals surface area contributed by atoms with Crippen LogP contribution >= 0.6 is 0 Å². The van der Waals surface area contributed by atoms with Crippen LogP contribution in [0.3, 0.4) is 0 Å². The molecule has 1 atom stereocenters. The molecule has 1 aliphatic rings. The van der Waals surface area contributed by atoms with Crippen LogP contribution in [0.2, 0.25) is 0 Å². The highest BCUT2D eigenvalue weighted by Gasteiger charge is 2.19. The maximum Gasteiger partial charge on any atom is 0.319 e. The van der Waals surface area contributed by atoms with Crippen LogP contribution in [0.5, 0.6) is 0 Å². The Bertz CT molecular complexity index is 980. The van der Waals surface area contributed by atoms with Crippen molar-refractivity contribution in [2.45, 2.75) is 26.3 Å². The van der Waals surface area contributed by atoms with Gasteiger partial charge < -0.3 is 20.0 Å². The fraction of sp³-hybridized carbons (Fsp3) is 0.300. The summed E-state index contributed by atoms with van der Waals surface area (Å²) in [6.07, 6.45) is 2.84. The third kappa shape index (κ3) is 3.45. The number of carbonyl (C=O) groups excluding carboxylic acids is 1. The van der Waals surface area contributed by atoms with E-state index in [0.29, 0.717) is 22.4 Å². The second-order valence-corrected chi connectivity index (χ2v) is 6.80. The molecule has 0 radical (unpaired) electrons. The van der Waals surface area contributed by atoms with E-state index in [0.717, 1.165) is 24.5 Å². The van der Waals surface area contributed by atoms with E-state index in [1.165, 1.54) is 18.6 Å². The third-order valence-electron chi connectivity index (χ3n) is 4.86. The second-order valence-electron chi connectivity index (χ2n) is 6.80. The van der Waals surface area contributed by atoms with E-state index >= 15 is 0 Å². The number of furan rings is 1. The summed E-state index contributed by atoms with van der Waals surface area (Å²) < 4.78 is 19.3. The molecular weight excluding hydrogens is 347 g/mol. The molecule has 7 heteroatoms. The third-order valence-corrected chi connectivity index (χ3v) is 4.86. The SMILES string of the molecule is Cc1c([C@H](C)NC(=O)Nc2ccc(N3CCC3)nc2)oc2ccc(F)cc12. The molecule has 0 saturated carbocycles. The summed E-state index contributed by atoms with van der Waals surface area (Å²) in [4.78, 5) is 18.9. The zero-order valence-corrected chi connectivity index (χ0v) is 15.3. The summed E-state index contributed by atoms with van der Waals surface area (Å²) in [6.45, 7) is 5.73. The number of rotatable bonds is 4. The Morgan fingerprint density at radius 3 is 2.78 bits per heavy atom. The van der Waals surface area contributed by atoms with Crippen molar-refractivity contribution in [3.05, 3.63) is 53.7 Å². The number of benzene rings is 1. The Kier molecular flexibility index (Phi) is 4.43. The van der Waals surface area contributed by atoms with Crippen LogP contribution in [0.15, 0.2) is 40.9 Å². The number of halogens is 1. The van der Waals surface area contributed by atoms with E-state index in [4.69, 9.17) is 4.42 Å². The number of fused-ring (bicyclic) bond motifs is 1. The zero-order chi connectivity index (χ0) is 19.0. The number of hydrogen-bond donors (Lipinski definition) is 2. The minimum absolute atomic E-state index is 0.314. The summed E-state index contributed by atoms with van der Waals surface area (Å²) in [6, 6.07) is 7.41. The first-order valence-corrected chi connectivity index (χ1v) is 8.98. The maximum atomic E-state index is 13.5. The van der Waals surface area contributed by atoms with Gasteiger partial charge in [0, 0.05) is 24.0 Å². The molecule has 1 fully saturated rings. The van der Waals surface area contributed by atoms with E-state index < -0.39 is 0 Å². The number of nitrogens with one attached hydrogen (secondary N) is 2. The van der Waals surface area contributed by atoms with Crippen molar-refractivity contribution in [3.63, 3.8) is 0 Å². The van der Waals surface area contributed by atoms with Gasteiger partial charge in [-0.2, -0.15) is 0 Å². The number of hydrogen-bond acceptors (Lipinski definition) is 4. The summed E-state index contributed by atoms with van der Waals surface area (Å²) in [5, 5.41) is 6.33. The number of anilines is 2. The molecule has 0 unspecified atom stereocenters. The smallest absolute Gasteiger partial charge is 0.319 e. The molecule has 0 bridgehead atoms. The average molecular weight is 368 g/mol. The molecule has 6 nitrogen and oxygen atoms in total. The maximum absolute atomic E-state index is 13.5. The van der Waals surface area contributed by atoms with Crippen LogP contribution < -0.4 is 15.5 Å². The van der Waals surface area contributed by atoms with Crippen LogP contribution in [-0.2, 0) is 0 Å². The summed E-state index contributed by atoms with van der Waals surface area (Å²) in [7, 11) is 0. The predicted molar refractivity (Wildman–Crippen MR) is 103 cm³/mol. The molecule has 1 aromatic carbocycles. The first-order valence-electron chi connectivity index (χ1n) is 8.98. The molecule has 27 heavy (non-hydrogen) atoms. The average Bonchev–Trinajstić information content (AvgIpc) is 2.91. The standard InChI is InChI=1S/C20H21FN4O2/c1-12-16-10-14(21)4-6-17(16)27-19(12)13(2)23-20(26)24-15-5-7-18(22-11-15)25-8-3-9-25/h4-7,10-11,13H,3,8-9H2,1-2H3,(H2,23,24,26)/t13-/m0/s1. The number of carbonyl (C=O) groups is 1. The van der Waals surface area contributed by atoms with Crippen molar-refractivity contribution < 1.29 is 13.6 Å². The second kappa shape index (κ2) is 6.90. The molecule has 3 heterocycles. The molecule has 4 rings (SSSR count). The van der Waals surface area contributed by atoms with Gasteiger partial charge in [0.2, 0.25) is 0 Å². The fourth-order valence-corrected chi connectivity index (χ4v) is 3.25. The van der Waals surface area contributed by atoms with Crippen molar-refractivity contribution in [1.82, 2.24) is 10.3 Å². The lowest BCUT2D eigenvalue weighted by Crippen LogP contribution is -2.37. The van der Waals surface area contributed by atoms with Gasteiger partial charge in [0.1, 0.15) is 23.0 Å². The summed E-state index contributed by atoms with van der Waals surface area (Å²) in [5.74, 6) is 1.22. The van der Waals surface area contributed by atoms with E-state index in [1.807, 2.05) is 26.0 Å². The Morgan fingerprint density at radius 1 is 1.30 bits per heavy atom. The highest BCUT2D eigenvalue weighted by atomic mass is 19.1. The molecule has 140 valence electrons. The summed E-state index contributed by atoms with van der Waals surface area (Å²) >= 11 is 0. The van der Waals surface area contributed by atoms with Crippen LogP contribution in [0, 0.1) is 12.7 Å². The van der Waals surface area contributed by atoms with Crippen LogP contribution in [0.1, 0.15) is 30.7 Å². The number of nitrogens with zero attached hydrogens (tertiary/aromatic N) is 2.